The molecule has 0 aliphatic carbocycles. The fourth-order valence-corrected chi connectivity index (χ4v) is 2.27. The summed E-state index contributed by atoms with van der Waals surface area (Å²) in [6, 6.07) is 5.61. The van der Waals surface area contributed by atoms with Gasteiger partial charge in [0.05, 0.1) is 5.92 Å². The Morgan fingerprint density at radius 3 is 2.88 bits per heavy atom. The third kappa shape index (κ3) is 1.71. The van der Waals surface area contributed by atoms with Crippen molar-refractivity contribution in [1.82, 2.24) is 0 Å². The molecule has 0 fully saturated rings. The third-order valence-corrected chi connectivity index (χ3v) is 3.19. The molecule has 2 rings (SSSR count). The summed E-state index contributed by atoms with van der Waals surface area (Å²) in [4.78, 5) is 24.3. The molecule has 1 aromatic rings. The number of amides is 2. The number of halogens is 1. The van der Waals surface area contributed by atoms with E-state index < -0.39 is 5.91 Å². The van der Waals surface area contributed by atoms with Crippen LogP contribution in [-0.2, 0) is 9.59 Å². The van der Waals surface area contributed by atoms with Crippen molar-refractivity contribution in [2.45, 2.75) is 12.8 Å². The molecule has 0 bridgehead atoms. The van der Waals surface area contributed by atoms with Gasteiger partial charge in [0, 0.05) is 10.2 Å². The first-order valence-corrected chi connectivity index (χ1v) is 5.69. The number of carbonyl (C=O) groups excluding carboxylic acids is 2. The number of nitrogens with zero attached hydrogens (tertiary/aromatic N) is 1. The van der Waals surface area contributed by atoms with Crippen LogP contribution in [0, 0.1) is 0 Å². The van der Waals surface area contributed by atoms with Gasteiger partial charge >= 0.3 is 0 Å². The van der Waals surface area contributed by atoms with Crippen LogP contribution in [0.15, 0.2) is 22.7 Å². The molecule has 0 aromatic heterocycles. The van der Waals surface area contributed by atoms with Gasteiger partial charge in [-0.05, 0) is 24.6 Å². The van der Waals surface area contributed by atoms with Crippen molar-refractivity contribution in [2.75, 3.05) is 11.4 Å². The van der Waals surface area contributed by atoms with Crippen LogP contribution in [-0.4, -0.2) is 18.4 Å². The fourth-order valence-electron chi connectivity index (χ4n) is 1.92. The highest BCUT2D eigenvalue weighted by molar-refractivity contribution is 9.10. The minimum Gasteiger partial charge on any atom is -0.368 e. The molecular formula is C11H11BrN2O2. The molecule has 1 aliphatic rings. The molecule has 16 heavy (non-hydrogen) atoms. The van der Waals surface area contributed by atoms with Crippen LogP contribution in [0.2, 0.25) is 0 Å². The Morgan fingerprint density at radius 2 is 2.25 bits per heavy atom. The lowest BCUT2D eigenvalue weighted by atomic mass is 10.0. The molecule has 0 spiro atoms. The molecule has 1 unspecified atom stereocenters. The number of rotatable bonds is 2. The number of carbonyl (C=O) groups is 2. The van der Waals surface area contributed by atoms with Crippen molar-refractivity contribution in [1.29, 1.82) is 0 Å². The molecule has 2 N–H and O–H groups in total. The molecule has 5 heteroatoms. The van der Waals surface area contributed by atoms with Crippen molar-refractivity contribution in [3.63, 3.8) is 0 Å². The first kappa shape index (κ1) is 11.1. The van der Waals surface area contributed by atoms with Gasteiger partial charge in [-0.1, -0.05) is 22.0 Å². The molecule has 1 atom stereocenters. The van der Waals surface area contributed by atoms with Crippen LogP contribution in [0.1, 0.15) is 18.4 Å². The highest BCUT2D eigenvalue weighted by Gasteiger charge is 2.34. The predicted octanol–water partition coefficient (Wildman–Crippen LogP) is 1.38. The van der Waals surface area contributed by atoms with Crippen molar-refractivity contribution in [2.24, 2.45) is 5.73 Å². The average molecular weight is 283 g/mol. The van der Waals surface area contributed by atoms with Gasteiger partial charge in [0.25, 0.3) is 0 Å². The first-order chi connectivity index (χ1) is 7.50. The van der Waals surface area contributed by atoms with Gasteiger partial charge in [0.1, 0.15) is 6.54 Å². The Kier molecular flexibility index (Phi) is 2.71. The van der Waals surface area contributed by atoms with E-state index in [2.05, 4.69) is 15.9 Å². The Bertz CT molecular complexity index is 473. The number of benzene rings is 1. The van der Waals surface area contributed by atoms with Crippen LogP contribution in [0.4, 0.5) is 5.69 Å². The quantitative estimate of drug-likeness (QED) is 0.891. The second-order valence-corrected chi connectivity index (χ2v) is 4.73. The normalized spacial score (nSPS) is 18.8. The molecule has 84 valence electrons. The summed E-state index contributed by atoms with van der Waals surface area (Å²) in [5.41, 5.74) is 6.84. The Labute approximate surface area is 102 Å². The van der Waals surface area contributed by atoms with E-state index in [1.165, 1.54) is 4.90 Å². The molecular weight excluding hydrogens is 272 g/mol. The number of nitrogens with two attached hydrogens (primary N) is 1. The second-order valence-electron chi connectivity index (χ2n) is 3.82. The fraction of sp³-hybridized carbons (Fsp3) is 0.273. The van der Waals surface area contributed by atoms with E-state index >= 15 is 0 Å². The number of anilines is 1. The van der Waals surface area contributed by atoms with E-state index in [4.69, 9.17) is 5.73 Å². The van der Waals surface area contributed by atoms with Crippen LogP contribution < -0.4 is 10.6 Å². The van der Waals surface area contributed by atoms with Crippen LogP contribution >= 0.6 is 15.9 Å². The number of hydrogen-bond acceptors (Lipinski definition) is 2. The maximum atomic E-state index is 11.9. The highest BCUT2D eigenvalue weighted by Crippen LogP contribution is 2.38. The predicted molar refractivity (Wildman–Crippen MR) is 64.1 cm³/mol. The standard InChI is InChI=1S/C11H11BrN2O2/c1-6-8-3-2-7(12)4-9(8)14(11(6)16)5-10(13)15/h2-4,6H,5H2,1H3,(H2,13,15). The molecule has 1 aromatic carbocycles. The van der Waals surface area contributed by atoms with Gasteiger partial charge < -0.3 is 10.6 Å². The van der Waals surface area contributed by atoms with Crippen LogP contribution in [0.25, 0.3) is 0 Å². The minimum absolute atomic E-state index is 0.0629. The van der Waals surface area contributed by atoms with E-state index in [0.29, 0.717) is 0 Å². The maximum Gasteiger partial charge on any atom is 0.237 e. The van der Waals surface area contributed by atoms with Crippen molar-refractivity contribution in [3.8, 4) is 0 Å². The van der Waals surface area contributed by atoms with Gasteiger partial charge in [-0.15, -0.1) is 0 Å². The highest BCUT2D eigenvalue weighted by atomic mass is 79.9. The monoisotopic (exact) mass is 282 g/mol. The summed E-state index contributed by atoms with van der Waals surface area (Å²) in [7, 11) is 0. The van der Waals surface area contributed by atoms with Crippen molar-refractivity contribution >= 4 is 33.4 Å². The summed E-state index contributed by atoms with van der Waals surface area (Å²) in [6.45, 7) is 1.77. The smallest absolute Gasteiger partial charge is 0.237 e. The summed E-state index contributed by atoms with van der Waals surface area (Å²) >= 11 is 3.34. The molecule has 0 saturated heterocycles. The van der Waals surface area contributed by atoms with E-state index in [9.17, 15) is 9.59 Å². The summed E-state index contributed by atoms with van der Waals surface area (Å²) in [6.07, 6.45) is 0. The van der Waals surface area contributed by atoms with E-state index in [-0.39, 0.29) is 18.4 Å². The Morgan fingerprint density at radius 1 is 1.56 bits per heavy atom. The number of fused-ring (bicyclic) bond motifs is 1. The summed E-state index contributed by atoms with van der Waals surface area (Å²) < 4.78 is 0.877. The SMILES string of the molecule is CC1C(=O)N(CC(N)=O)c2cc(Br)ccc21. The van der Waals surface area contributed by atoms with Gasteiger partial charge in [0.2, 0.25) is 11.8 Å². The van der Waals surface area contributed by atoms with Crippen LogP contribution in [0.3, 0.4) is 0 Å². The lowest BCUT2D eigenvalue weighted by Gasteiger charge is -2.15. The third-order valence-electron chi connectivity index (χ3n) is 2.70. The zero-order chi connectivity index (χ0) is 11.9. The summed E-state index contributed by atoms with van der Waals surface area (Å²) in [5, 5.41) is 0. The molecule has 0 radical (unpaired) electrons. The molecule has 1 aliphatic heterocycles. The lowest BCUT2D eigenvalue weighted by molar-refractivity contribution is -0.122. The average Bonchev–Trinajstić information content (AvgIpc) is 2.43. The van der Waals surface area contributed by atoms with E-state index in [0.717, 1.165) is 15.7 Å². The van der Waals surface area contributed by atoms with Crippen molar-refractivity contribution < 1.29 is 9.59 Å². The van der Waals surface area contributed by atoms with Crippen LogP contribution in [0.5, 0.6) is 0 Å². The Hall–Kier alpha value is -1.36. The summed E-state index contributed by atoms with van der Waals surface area (Å²) in [5.74, 6) is -0.789. The maximum absolute atomic E-state index is 11.9. The minimum atomic E-state index is -0.506. The van der Waals surface area contributed by atoms with Gasteiger partial charge in [-0.2, -0.15) is 0 Å². The van der Waals surface area contributed by atoms with Crippen molar-refractivity contribution in [3.05, 3.63) is 28.2 Å². The van der Waals surface area contributed by atoms with Gasteiger partial charge in [0.15, 0.2) is 0 Å². The molecule has 1 heterocycles. The van der Waals surface area contributed by atoms with Gasteiger partial charge in [-0.3, -0.25) is 9.59 Å². The van der Waals surface area contributed by atoms with E-state index in [1.54, 1.807) is 0 Å². The zero-order valence-corrected chi connectivity index (χ0v) is 10.3. The van der Waals surface area contributed by atoms with Gasteiger partial charge in [-0.25, -0.2) is 0 Å². The number of primary amides is 1. The zero-order valence-electron chi connectivity index (χ0n) is 8.74. The molecule has 2 amide bonds. The number of hydrogen-bond donors (Lipinski definition) is 1. The Balaban J connectivity index is 2.47. The molecule has 4 nitrogen and oxygen atoms in total. The second kappa shape index (κ2) is 3.90. The lowest BCUT2D eigenvalue weighted by Crippen LogP contribution is -2.36. The topological polar surface area (TPSA) is 63.4 Å². The van der Waals surface area contributed by atoms with E-state index in [1.807, 2.05) is 25.1 Å². The first-order valence-electron chi connectivity index (χ1n) is 4.90. The molecule has 0 saturated carbocycles. The largest absolute Gasteiger partial charge is 0.368 e.